The number of aryl methyl sites for hydroxylation is 1. The molecule has 1 unspecified atom stereocenters. The van der Waals surface area contributed by atoms with Crippen LogP contribution in [0.5, 0.6) is 0 Å². The number of hydrogen-bond acceptors (Lipinski definition) is 5. The summed E-state index contributed by atoms with van der Waals surface area (Å²) in [4.78, 5) is 6.58. The lowest BCUT2D eigenvalue weighted by molar-refractivity contribution is -0.0447. The van der Waals surface area contributed by atoms with E-state index < -0.39 is 0 Å². The highest BCUT2D eigenvalue weighted by molar-refractivity contribution is 14.0. The van der Waals surface area contributed by atoms with Gasteiger partial charge >= 0.3 is 0 Å². The summed E-state index contributed by atoms with van der Waals surface area (Å²) in [6.45, 7) is 4.57. The maximum absolute atomic E-state index is 5.68. The average molecular weight is 436 g/mol. The number of methoxy groups -OCH3 is 1. The van der Waals surface area contributed by atoms with E-state index >= 15 is 0 Å². The Balaban J connectivity index is 0.00000192. The number of hydrogen-bond donors (Lipinski definition) is 1. The first-order chi connectivity index (χ1) is 10.8. The second-order valence-corrected chi connectivity index (χ2v) is 5.58. The smallest absolute Gasteiger partial charge is 0.194 e. The number of nitrogens with one attached hydrogen (secondary N) is 1. The van der Waals surface area contributed by atoms with Gasteiger partial charge in [-0.05, 0) is 6.42 Å². The van der Waals surface area contributed by atoms with Crippen LogP contribution in [0, 0.1) is 0 Å². The Morgan fingerprint density at radius 3 is 3.09 bits per heavy atom. The summed E-state index contributed by atoms with van der Waals surface area (Å²) in [5, 5.41) is 11.9. The molecule has 2 aliphatic heterocycles. The predicted molar refractivity (Wildman–Crippen MR) is 97.1 cm³/mol. The SMILES string of the molecule is CN=C(NCc1nnc2n1CCC2)N1CCOC(COC)C1.I. The van der Waals surface area contributed by atoms with Crippen LogP contribution in [-0.4, -0.2) is 72.2 Å². The third-order valence-electron chi connectivity index (χ3n) is 4.09. The third-order valence-corrected chi connectivity index (χ3v) is 4.09. The predicted octanol–water partition coefficient (Wildman–Crippen LogP) is 0.265. The van der Waals surface area contributed by atoms with E-state index in [1.165, 1.54) is 0 Å². The molecule has 3 rings (SSSR count). The number of morpholine rings is 1. The molecule has 0 bridgehead atoms. The van der Waals surface area contributed by atoms with Crippen molar-refractivity contribution in [2.24, 2.45) is 4.99 Å². The number of guanidine groups is 1. The summed E-state index contributed by atoms with van der Waals surface area (Å²) in [6, 6.07) is 0. The maximum atomic E-state index is 5.68. The number of nitrogens with zero attached hydrogens (tertiary/aromatic N) is 5. The molecule has 1 aromatic rings. The molecule has 2 aliphatic rings. The number of halogens is 1. The molecule has 1 N–H and O–H groups in total. The first-order valence-corrected chi connectivity index (χ1v) is 7.79. The molecular formula is C14H25IN6O2. The van der Waals surface area contributed by atoms with Crippen LogP contribution in [0.2, 0.25) is 0 Å². The fourth-order valence-electron chi connectivity index (χ4n) is 3.03. The van der Waals surface area contributed by atoms with Crippen LogP contribution in [-0.2, 0) is 29.0 Å². The highest BCUT2D eigenvalue weighted by Crippen LogP contribution is 2.14. The Labute approximate surface area is 153 Å². The van der Waals surface area contributed by atoms with E-state index in [9.17, 15) is 0 Å². The van der Waals surface area contributed by atoms with Gasteiger partial charge in [-0.2, -0.15) is 0 Å². The number of rotatable bonds is 4. The maximum Gasteiger partial charge on any atom is 0.194 e. The Bertz CT molecular complexity index is 533. The second kappa shape index (κ2) is 8.78. The third kappa shape index (κ3) is 4.32. The molecule has 0 radical (unpaired) electrons. The van der Waals surface area contributed by atoms with Crippen molar-refractivity contribution in [3.8, 4) is 0 Å². The van der Waals surface area contributed by atoms with Gasteiger partial charge in [0.05, 0.1) is 25.9 Å². The highest BCUT2D eigenvalue weighted by atomic mass is 127. The lowest BCUT2D eigenvalue weighted by Gasteiger charge is -2.34. The molecule has 1 atom stereocenters. The summed E-state index contributed by atoms with van der Waals surface area (Å²) in [6.07, 6.45) is 2.29. The van der Waals surface area contributed by atoms with Gasteiger partial charge in [-0.1, -0.05) is 0 Å². The zero-order chi connectivity index (χ0) is 15.4. The van der Waals surface area contributed by atoms with Gasteiger partial charge in [-0.15, -0.1) is 34.2 Å². The Morgan fingerprint density at radius 2 is 2.30 bits per heavy atom. The molecule has 9 heteroatoms. The second-order valence-electron chi connectivity index (χ2n) is 5.58. The fourth-order valence-corrected chi connectivity index (χ4v) is 3.03. The molecule has 1 saturated heterocycles. The summed E-state index contributed by atoms with van der Waals surface area (Å²) >= 11 is 0. The minimum atomic E-state index is 0. The normalized spacial score (nSPS) is 21.0. The first-order valence-electron chi connectivity index (χ1n) is 7.79. The Kier molecular flexibility index (Phi) is 7.03. The van der Waals surface area contributed by atoms with Crippen LogP contribution in [0.25, 0.3) is 0 Å². The van der Waals surface area contributed by atoms with Gasteiger partial charge in [-0.25, -0.2) is 0 Å². The van der Waals surface area contributed by atoms with E-state index in [2.05, 4.69) is 30.0 Å². The van der Waals surface area contributed by atoms with Gasteiger partial charge < -0.3 is 24.3 Å². The highest BCUT2D eigenvalue weighted by Gasteiger charge is 2.23. The lowest BCUT2D eigenvalue weighted by atomic mass is 10.3. The number of ether oxygens (including phenoxy) is 2. The topological polar surface area (TPSA) is 76.8 Å². The largest absolute Gasteiger partial charge is 0.382 e. The van der Waals surface area contributed by atoms with Crippen molar-refractivity contribution >= 4 is 29.9 Å². The van der Waals surface area contributed by atoms with E-state index in [0.29, 0.717) is 19.8 Å². The summed E-state index contributed by atoms with van der Waals surface area (Å²) in [7, 11) is 3.50. The Morgan fingerprint density at radius 1 is 1.43 bits per heavy atom. The fraction of sp³-hybridized carbons (Fsp3) is 0.786. The van der Waals surface area contributed by atoms with Crippen molar-refractivity contribution < 1.29 is 9.47 Å². The minimum absolute atomic E-state index is 0. The molecule has 0 saturated carbocycles. The van der Waals surface area contributed by atoms with Gasteiger partial charge in [-0.3, -0.25) is 4.99 Å². The van der Waals surface area contributed by atoms with Crippen LogP contribution in [0.1, 0.15) is 18.1 Å². The average Bonchev–Trinajstić information content (AvgIpc) is 3.13. The summed E-state index contributed by atoms with van der Waals surface area (Å²) in [5.41, 5.74) is 0. The molecule has 130 valence electrons. The molecule has 1 fully saturated rings. The minimum Gasteiger partial charge on any atom is -0.382 e. The van der Waals surface area contributed by atoms with Gasteiger partial charge in [0, 0.05) is 40.2 Å². The number of fused-ring (bicyclic) bond motifs is 1. The van der Waals surface area contributed by atoms with Crippen molar-refractivity contribution in [1.82, 2.24) is 25.0 Å². The number of aliphatic imine (C=N–C) groups is 1. The van der Waals surface area contributed by atoms with Gasteiger partial charge in [0.1, 0.15) is 5.82 Å². The summed E-state index contributed by atoms with van der Waals surface area (Å²) < 4.78 is 13.1. The zero-order valence-corrected chi connectivity index (χ0v) is 16.0. The molecule has 0 amide bonds. The van der Waals surface area contributed by atoms with Crippen molar-refractivity contribution in [3.05, 3.63) is 11.6 Å². The van der Waals surface area contributed by atoms with Crippen LogP contribution in [0.3, 0.4) is 0 Å². The standard InChI is InChI=1S/C14H24N6O2.HI/c1-15-14(19-6-7-22-11(9-19)10-21-2)16-8-13-18-17-12-4-3-5-20(12)13;/h11H,3-10H2,1-2H3,(H,15,16);1H. The molecule has 0 spiro atoms. The van der Waals surface area contributed by atoms with Crippen molar-refractivity contribution in [3.63, 3.8) is 0 Å². The van der Waals surface area contributed by atoms with E-state index in [-0.39, 0.29) is 30.1 Å². The molecule has 3 heterocycles. The van der Waals surface area contributed by atoms with Crippen LogP contribution < -0.4 is 5.32 Å². The van der Waals surface area contributed by atoms with E-state index in [0.717, 1.165) is 50.1 Å². The van der Waals surface area contributed by atoms with Crippen LogP contribution in [0.15, 0.2) is 4.99 Å². The molecule has 23 heavy (non-hydrogen) atoms. The number of aromatic nitrogens is 3. The quantitative estimate of drug-likeness (QED) is 0.415. The van der Waals surface area contributed by atoms with Gasteiger partial charge in [0.2, 0.25) is 0 Å². The van der Waals surface area contributed by atoms with Crippen LogP contribution in [0.4, 0.5) is 0 Å². The molecule has 0 aliphatic carbocycles. The van der Waals surface area contributed by atoms with E-state index in [1.54, 1.807) is 14.2 Å². The van der Waals surface area contributed by atoms with Crippen LogP contribution >= 0.6 is 24.0 Å². The molecule has 8 nitrogen and oxygen atoms in total. The molecular weight excluding hydrogens is 411 g/mol. The van der Waals surface area contributed by atoms with Crippen molar-refractivity contribution in [2.45, 2.75) is 32.0 Å². The molecule has 1 aromatic heterocycles. The Hall–Kier alpha value is -0.940. The van der Waals surface area contributed by atoms with Crippen molar-refractivity contribution in [2.75, 3.05) is 40.5 Å². The van der Waals surface area contributed by atoms with Gasteiger partial charge in [0.15, 0.2) is 11.8 Å². The first kappa shape index (κ1) is 18.4. The molecule has 0 aromatic carbocycles. The van der Waals surface area contributed by atoms with E-state index in [1.807, 2.05) is 0 Å². The van der Waals surface area contributed by atoms with Gasteiger partial charge in [0.25, 0.3) is 0 Å². The zero-order valence-electron chi connectivity index (χ0n) is 13.7. The summed E-state index contributed by atoms with van der Waals surface area (Å²) in [5.74, 6) is 2.95. The van der Waals surface area contributed by atoms with Crippen molar-refractivity contribution in [1.29, 1.82) is 0 Å². The lowest BCUT2D eigenvalue weighted by Crippen LogP contribution is -2.51. The monoisotopic (exact) mass is 436 g/mol. The van der Waals surface area contributed by atoms with E-state index in [4.69, 9.17) is 9.47 Å².